The highest BCUT2D eigenvalue weighted by Gasteiger charge is 2.11. The van der Waals surface area contributed by atoms with E-state index in [1.807, 2.05) is 24.3 Å². The van der Waals surface area contributed by atoms with Crippen LogP contribution in [0.5, 0.6) is 0 Å². The maximum absolute atomic E-state index is 12.2. The zero-order valence-corrected chi connectivity index (χ0v) is 15.4. The molecule has 0 bridgehead atoms. The van der Waals surface area contributed by atoms with Gasteiger partial charge in [-0.25, -0.2) is 4.98 Å². The van der Waals surface area contributed by atoms with Crippen molar-refractivity contribution in [1.29, 1.82) is 0 Å². The fourth-order valence-electron chi connectivity index (χ4n) is 2.12. The number of nitrogens with zero attached hydrogens (tertiary/aromatic N) is 1. The SMILES string of the molecule is CCCOCc1ccccc1CNC(=O)c1csc(CCN)n1.Cl. The number of amides is 1. The monoisotopic (exact) mass is 369 g/mol. The van der Waals surface area contributed by atoms with Gasteiger partial charge in [0, 0.05) is 25.0 Å². The third kappa shape index (κ3) is 6.20. The molecule has 0 fully saturated rings. The standard InChI is InChI=1S/C17H23N3O2S.ClH/c1-2-9-22-11-14-6-4-3-5-13(14)10-19-17(21)15-12-23-16(20-15)7-8-18;/h3-6,12H,2,7-11,18H2,1H3,(H,19,21);1H. The van der Waals surface area contributed by atoms with Crippen LogP contribution in [0.1, 0.15) is 40.0 Å². The van der Waals surface area contributed by atoms with Gasteiger partial charge in [0.1, 0.15) is 5.69 Å². The summed E-state index contributed by atoms with van der Waals surface area (Å²) in [6.45, 7) is 4.40. The Hall–Kier alpha value is -1.47. The maximum atomic E-state index is 12.2. The Kier molecular flexibility index (Phi) is 9.56. The molecule has 0 spiro atoms. The Morgan fingerprint density at radius 3 is 2.79 bits per heavy atom. The van der Waals surface area contributed by atoms with Crippen molar-refractivity contribution in [3.05, 3.63) is 51.5 Å². The minimum Gasteiger partial charge on any atom is -0.377 e. The number of carbonyl (C=O) groups excluding carboxylic acids is 1. The first kappa shape index (κ1) is 20.6. The molecule has 1 heterocycles. The van der Waals surface area contributed by atoms with Crippen LogP contribution in [0.2, 0.25) is 0 Å². The molecule has 0 aliphatic heterocycles. The molecule has 1 aromatic carbocycles. The number of thiazole rings is 1. The normalized spacial score (nSPS) is 10.2. The van der Waals surface area contributed by atoms with Crippen LogP contribution < -0.4 is 11.1 Å². The molecule has 0 aliphatic carbocycles. The van der Waals surface area contributed by atoms with E-state index in [0.29, 0.717) is 31.8 Å². The second kappa shape index (κ2) is 11.1. The van der Waals surface area contributed by atoms with Crippen LogP contribution in [0, 0.1) is 0 Å². The second-order valence-corrected chi connectivity index (χ2v) is 6.11. The van der Waals surface area contributed by atoms with Crippen molar-refractivity contribution in [3.63, 3.8) is 0 Å². The molecule has 7 heteroatoms. The summed E-state index contributed by atoms with van der Waals surface area (Å²) in [7, 11) is 0. The number of aromatic nitrogens is 1. The average molecular weight is 370 g/mol. The Morgan fingerprint density at radius 2 is 2.08 bits per heavy atom. The number of nitrogens with two attached hydrogens (primary N) is 1. The van der Waals surface area contributed by atoms with Gasteiger partial charge in [-0.2, -0.15) is 0 Å². The van der Waals surface area contributed by atoms with E-state index in [9.17, 15) is 4.79 Å². The van der Waals surface area contributed by atoms with Gasteiger partial charge < -0.3 is 15.8 Å². The molecule has 2 aromatic rings. The van der Waals surface area contributed by atoms with Crippen molar-refractivity contribution in [2.45, 2.75) is 32.9 Å². The molecule has 132 valence electrons. The highest BCUT2D eigenvalue weighted by atomic mass is 35.5. The maximum Gasteiger partial charge on any atom is 0.271 e. The highest BCUT2D eigenvalue weighted by molar-refractivity contribution is 7.09. The summed E-state index contributed by atoms with van der Waals surface area (Å²) in [5.74, 6) is -0.159. The molecule has 0 atom stereocenters. The van der Waals surface area contributed by atoms with E-state index in [1.165, 1.54) is 11.3 Å². The summed E-state index contributed by atoms with van der Waals surface area (Å²) in [5, 5.41) is 5.59. The van der Waals surface area contributed by atoms with Crippen LogP contribution in [-0.2, 0) is 24.3 Å². The quantitative estimate of drug-likeness (QED) is 0.666. The number of benzene rings is 1. The van der Waals surface area contributed by atoms with Crippen LogP contribution in [0.25, 0.3) is 0 Å². The summed E-state index contributed by atoms with van der Waals surface area (Å²) >= 11 is 1.47. The topological polar surface area (TPSA) is 77.2 Å². The summed E-state index contributed by atoms with van der Waals surface area (Å²) in [6.07, 6.45) is 1.70. The highest BCUT2D eigenvalue weighted by Crippen LogP contribution is 2.12. The summed E-state index contributed by atoms with van der Waals surface area (Å²) in [5.41, 5.74) is 8.12. The summed E-state index contributed by atoms with van der Waals surface area (Å²) < 4.78 is 5.60. The molecular formula is C17H24ClN3O2S. The van der Waals surface area contributed by atoms with Gasteiger partial charge in [0.15, 0.2) is 0 Å². The molecule has 0 saturated heterocycles. The third-order valence-electron chi connectivity index (χ3n) is 3.31. The van der Waals surface area contributed by atoms with Crippen molar-refractivity contribution >= 4 is 29.7 Å². The lowest BCUT2D eigenvalue weighted by molar-refractivity contribution is 0.0945. The van der Waals surface area contributed by atoms with E-state index in [-0.39, 0.29) is 18.3 Å². The number of hydrogen-bond acceptors (Lipinski definition) is 5. The van der Waals surface area contributed by atoms with E-state index in [0.717, 1.165) is 29.2 Å². The number of halogens is 1. The molecule has 0 aliphatic rings. The minimum absolute atomic E-state index is 0. The third-order valence-corrected chi connectivity index (χ3v) is 4.21. The summed E-state index contributed by atoms with van der Waals surface area (Å²) in [6, 6.07) is 7.98. The van der Waals surface area contributed by atoms with Gasteiger partial charge in [0.25, 0.3) is 5.91 Å². The number of nitrogens with one attached hydrogen (secondary N) is 1. The van der Waals surface area contributed by atoms with Crippen molar-refractivity contribution < 1.29 is 9.53 Å². The lowest BCUT2D eigenvalue weighted by atomic mass is 10.1. The van der Waals surface area contributed by atoms with Crippen molar-refractivity contribution in [2.75, 3.05) is 13.2 Å². The van der Waals surface area contributed by atoms with Gasteiger partial charge in [-0.05, 0) is 24.1 Å². The Morgan fingerprint density at radius 1 is 1.33 bits per heavy atom. The Labute approximate surface area is 153 Å². The predicted molar refractivity (Wildman–Crippen MR) is 99.7 cm³/mol. The van der Waals surface area contributed by atoms with E-state index < -0.39 is 0 Å². The molecule has 3 N–H and O–H groups in total. The van der Waals surface area contributed by atoms with Crippen molar-refractivity contribution in [2.24, 2.45) is 5.73 Å². The first-order chi connectivity index (χ1) is 11.2. The molecule has 1 amide bonds. The van der Waals surface area contributed by atoms with Crippen LogP contribution >= 0.6 is 23.7 Å². The molecule has 2 rings (SSSR count). The zero-order valence-electron chi connectivity index (χ0n) is 13.8. The van der Waals surface area contributed by atoms with Gasteiger partial charge in [-0.3, -0.25) is 4.79 Å². The van der Waals surface area contributed by atoms with Gasteiger partial charge in [0.05, 0.1) is 11.6 Å². The Balaban J connectivity index is 0.00000288. The Bertz CT molecular complexity index is 634. The van der Waals surface area contributed by atoms with Gasteiger partial charge in [-0.15, -0.1) is 23.7 Å². The van der Waals surface area contributed by atoms with Gasteiger partial charge >= 0.3 is 0 Å². The predicted octanol–water partition coefficient (Wildman–Crippen LogP) is 2.92. The number of ether oxygens (including phenoxy) is 1. The first-order valence-corrected chi connectivity index (χ1v) is 8.69. The second-order valence-electron chi connectivity index (χ2n) is 5.17. The smallest absolute Gasteiger partial charge is 0.271 e. The lowest BCUT2D eigenvalue weighted by Crippen LogP contribution is -2.24. The fourth-order valence-corrected chi connectivity index (χ4v) is 2.91. The first-order valence-electron chi connectivity index (χ1n) is 7.81. The van der Waals surface area contributed by atoms with Gasteiger partial charge in [0.2, 0.25) is 0 Å². The van der Waals surface area contributed by atoms with E-state index in [2.05, 4.69) is 17.2 Å². The van der Waals surface area contributed by atoms with Crippen LogP contribution in [0.15, 0.2) is 29.6 Å². The zero-order chi connectivity index (χ0) is 16.5. The van der Waals surface area contributed by atoms with E-state index >= 15 is 0 Å². The molecule has 24 heavy (non-hydrogen) atoms. The average Bonchev–Trinajstić information content (AvgIpc) is 3.03. The van der Waals surface area contributed by atoms with Crippen molar-refractivity contribution in [1.82, 2.24) is 10.3 Å². The van der Waals surface area contributed by atoms with E-state index in [4.69, 9.17) is 10.5 Å². The fraction of sp³-hybridized carbons (Fsp3) is 0.412. The van der Waals surface area contributed by atoms with Gasteiger partial charge in [-0.1, -0.05) is 31.2 Å². The largest absolute Gasteiger partial charge is 0.377 e. The molecule has 0 radical (unpaired) electrons. The molecule has 0 unspecified atom stereocenters. The van der Waals surface area contributed by atoms with Crippen molar-refractivity contribution in [3.8, 4) is 0 Å². The molecule has 5 nitrogen and oxygen atoms in total. The number of hydrogen-bond donors (Lipinski definition) is 2. The number of carbonyl (C=O) groups is 1. The van der Waals surface area contributed by atoms with Crippen LogP contribution in [0.3, 0.4) is 0 Å². The molecule has 0 saturated carbocycles. The minimum atomic E-state index is -0.159. The lowest BCUT2D eigenvalue weighted by Gasteiger charge is -2.10. The molecular weight excluding hydrogens is 346 g/mol. The summed E-state index contributed by atoms with van der Waals surface area (Å²) in [4.78, 5) is 16.5. The van der Waals surface area contributed by atoms with E-state index in [1.54, 1.807) is 5.38 Å². The van der Waals surface area contributed by atoms with Crippen LogP contribution in [0.4, 0.5) is 0 Å². The molecule has 1 aromatic heterocycles. The van der Waals surface area contributed by atoms with Crippen LogP contribution in [-0.4, -0.2) is 24.0 Å². The number of rotatable bonds is 9.